The van der Waals surface area contributed by atoms with Gasteiger partial charge in [-0.05, 0) is 36.5 Å². The molecule has 12 nitrogen and oxygen atoms in total. The molecule has 0 spiro atoms. The van der Waals surface area contributed by atoms with Crippen molar-refractivity contribution >= 4 is 29.7 Å². The molecule has 3 amide bonds. The number of aliphatic carboxylic acids is 2. The number of aromatic hydroxyl groups is 1. The molecule has 36 heavy (non-hydrogen) atoms. The third-order valence-electron chi connectivity index (χ3n) is 6.33. The van der Waals surface area contributed by atoms with E-state index in [4.69, 9.17) is 10.8 Å². The number of hydrogen-bond acceptors (Lipinski definition) is 7. The number of carboxylic acids is 2. The highest BCUT2D eigenvalue weighted by Crippen LogP contribution is 2.20. The molecule has 198 valence electrons. The smallest absolute Gasteiger partial charge is 0.326 e. The summed E-state index contributed by atoms with van der Waals surface area (Å²) in [6.07, 6.45) is 0.737. The van der Waals surface area contributed by atoms with E-state index in [2.05, 4.69) is 10.6 Å². The molecule has 1 heterocycles. The Hall–Kier alpha value is -3.67. The number of nitrogens with one attached hydrogen (secondary N) is 2. The average molecular weight is 507 g/mol. The summed E-state index contributed by atoms with van der Waals surface area (Å²) in [7, 11) is 0. The first-order valence-electron chi connectivity index (χ1n) is 11.8. The van der Waals surface area contributed by atoms with Gasteiger partial charge in [0.25, 0.3) is 0 Å². The summed E-state index contributed by atoms with van der Waals surface area (Å²) >= 11 is 0. The van der Waals surface area contributed by atoms with E-state index in [0.29, 0.717) is 24.8 Å². The molecule has 1 saturated heterocycles. The zero-order valence-corrected chi connectivity index (χ0v) is 20.3. The SMILES string of the molecule is CCC(C)C(NC(=O)C1CCCN1C(=O)C(N)CC(=O)O)C(=O)NC(Cc1ccc(O)cc1)C(=O)O. The zero-order valence-electron chi connectivity index (χ0n) is 20.3. The van der Waals surface area contributed by atoms with Gasteiger partial charge in [-0.3, -0.25) is 19.2 Å². The third-order valence-corrected chi connectivity index (χ3v) is 6.33. The summed E-state index contributed by atoms with van der Waals surface area (Å²) in [6.45, 7) is 3.79. The Labute approximate surface area is 208 Å². The summed E-state index contributed by atoms with van der Waals surface area (Å²) in [4.78, 5) is 62.8. The fourth-order valence-corrected chi connectivity index (χ4v) is 4.07. The van der Waals surface area contributed by atoms with Crippen molar-refractivity contribution in [2.45, 2.75) is 70.1 Å². The van der Waals surface area contributed by atoms with Gasteiger partial charge < -0.3 is 36.6 Å². The first-order chi connectivity index (χ1) is 16.9. The van der Waals surface area contributed by atoms with Crippen molar-refractivity contribution in [2.24, 2.45) is 11.7 Å². The lowest BCUT2D eigenvalue weighted by Crippen LogP contribution is -2.58. The molecule has 12 heteroatoms. The second-order valence-corrected chi connectivity index (χ2v) is 9.04. The molecule has 0 radical (unpaired) electrons. The van der Waals surface area contributed by atoms with Crippen LogP contribution in [0.1, 0.15) is 45.1 Å². The topological polar surface area (TPSA) is 199 Å². The Bertz CT molecular complexity index is 967. The molecule has 1 aliphatic heterocycles. The molecule has 5 atom stereocenters. The minimum atomic E-state index is -1.29. The lowest BCUT2D eigenvalue weighted by molar-refractivity contribution is -0.144. The first-order valence-corrected chi connectivity index (χ1v) is 11.8. The number of nitrogens with two attached hydrogens (primary N) is 1. The van der Waals surface area contributed by atoms with Crippen LogP contribution in [0.4, 0.5) is 0 Å². The number of phenols is 1. The fourth-order valence-electron chi connectivity index (χ4n) is 4.07. The van der Waals surface area contributed by atoms with Crippen molar-refractivity contribution in [3.05, 3.63) is 29.8 Å². The highest BCUT2D eigenvalue weighted by Gasteiger charge is 2.39. The van der Waals surface area contributed by atoms with Gasteiger partial charge in [0.15, 0.2) is 0 Å². The molecule has 0 aliphatic carbocycles. The maximum absolute atomic E-state index is 13.1. The van der Waals surface area contributed by atoms with Crippen molar-refractivity contribution in [3.63, 3.8) is 0 Å². The van der Waals surface area contributed by atoms with E-state index in [1.54, 1.807) is 19.1 Å². The van der Waals surface area contributed by atoms with Gasteiger partial charge in [-0.25, -0.2) is 4.79 Å². The number of benzene rings is 1. The number of likely N-dealkylation sites (tertiary alicyclic amines) is 1. The summed E-state index contributed by atoms with van der Waals surface area (Å²) in [5, 5.41) is 33.1. The van der Waals surface area contributed by atoms with E-state index in [0.717, 1.165) is 0 Å². The van der Waals surface area contributed by atoms with E-state index in [-0.39, 0.29) is 24.6 Å². The normalized spacial score (nSPS) is 18.5. The van der Waals surface area contributed by atoms with Crippen LogP contribution in [0.2, 0.25) is 0 Å². The molecule has 2 rings (SSSR count). The second kappa shape index (κ2) is 12.9. The minimum Gasteiger partial charge on any atom is -0.508 e. The molecule has 0 saturated carbocycles. The first kappa shape index (κ1) is 28.6. The molecule has 7 N–H and O–H groups in total. The van der Waals surface area contributed by atoms with Gasteiger partial charge >= 0.3 is 11.9 Å². The largest absolute Gasteiger partial charge is 0.508 e. The van der Waals surface area contributed by atoms with Gasteiger partial charge in [-0.2, -0.15) is 0 Å². The van der Waals surface area contributed by atoms with Gasteiger partial charge in [0.2, 0.25) is 17.7 Å². The Morgan fingerprint density at radius 3 is 2.31 bits per heavy atom. The average Bonchev–Trinajstić information content (AvgIpc) is 3.31. The maximum atomic E-state index is 13.1. The number of amides is 3. The minimum absolute atomic E-state index is 0.0255. The summed E-state index contributed by atoms with van der Waals surface area (Å²) in [5.74, 6) is -4.74. The van der Waals surface area contributed by atoms with E-state index < -0.39 is 60.2 Å². The summed E-state index contributed by atoms with van der Waals surface area (Å²) in [6, 6.07) is 1.38. The predicted octanol–water partition coefficient (Wildman–Crippen LogP) is -0.172. The lowest BCUT2D eigenvalue weighted by atomic mass is 9.96. The van der Waals surface area contributed by atoms with Gasteiger partial charge in [-0.15, -0.1) is 0 Å². The molecule has 0 aromatic heterocycles. The third kappa shape index (κ3) is 7.67. The van der Waals surface area contributed by atoms with Crippen LogP contribution in [0.15, 0.2) is 24.3 Å². The molecule has 5 unspecified atom stereocenters. The molecule has 0 bridgehead atoms. The van der Waals surface area contributed by atoms with Crippen LogP contribution >= 0.6 is 0 Å². The van der Waals surface area contributed by atoms with Crippen LogP contribution in [-0.4, -0.2) is 80.6 Å². The number of rotatable bonds is 12. The predicted molar refractivity (Wildman–Crippen MR) is 128 cm³/mol. The number of carbonyl (C=O) groups is 5. The zero-order chi connectivity index (χ0) is 27.0. The molecular formula is C24H34N4O8. The maximum Gasteiger partial charge on any atom is 0.326 e. The van der Waals surface area contributed by atoms with Crippen LogP contribution in [-0.2, 0) is 30.4 Å². The van der Waals surface area contributed by atoms with Crippen LogP contribution in [0.25, 0.3) is 0 Å². The molecule has 1 fully saturated rings. The van der Waals surface area contributed by atoms with E-state index in [1.165, 1.54) is 17.0 Å². The van der Waals surface area contributed by atoms with Crippen molar-refractivity contribution in [2.75, 3.05) is 6.54 Å². The van der Waals surface area contributed by atoms with Gasteiger partial charge in [-0.1, -0.05) is 32.4 Å². The van der Waals surface area contributed by atoms with Crippen molar-refractivity contribution in [3.8, 4) is 5.75 Å². The number of nitrogens with zero attached hydrogens (tertiary/aromatic N) is 1. The summed E-state index contributed by atoms with van der Waals surface area (Å²) < 4.78 is 0. The van der Waals surface area contributed by atoms with Crippen LogP contribution in [0.5, 0.6) is 5.75 Å². The molecule has 1 aliphatic rings. The van der Waals surface area contributed by atoms with E-state index in [1.807, 2.05) is 6.92 Å². The number of carbonyl (C=O) groups excluding carboxylic acids is 3. The van der Waals surface area contributed by atoms with Crippen molar-refractivity contribution in [1.29, 1.82) is 0 Å². The standard InChI is InChI=1S/C24H34N4O8/c1-3-13(2)20(22(33)26-17(24(35)36)11-14-6-8-15(29)9-7-14)27-21(32)18-5-4-10-28(18)23(34)16(25)12-19(30)31/h6-9,13,16-18,20,29H,3-5,10-12,25H2,1-2H3,(H,26,33)(H,27,32)(H,30,31)(H,35,36). The van der Waals surface area contributed by atoms with E-state index >= 15 is 0 Å². The number of carboxylic acid groups (broad SMARTS) is 2. The van der Waals surface area contributed by atoms with Crippen molar-refractivity contribution in [1.82, 2.24) is 15.5 Å². The fraction of sp³-hybridized carbons (Fsp3) is 0.542. The second-order valence-electron chi connectivity index (χ2n) is 9.04. The molecule has 1 aromatic carbocycles. The Kier molecular flexibility index (Phi) is 10.2. The highest BCUT2D eigenvalue weighted by atomic mass is 16.4. The Balaban J connectivity index is 2.13. The molecular weight excluding hydrogens is 472 g/mol. The molecule has 1 aromatic rings. The number of hydrogen-bond donors (Lipinski definition) is 6. The van der Waals surface area contributed by atoms with Crippen molar-refractivity contribution < 1.29 is 39.3 Å². The van der Waals surface area contributed by atoms with Crippen LogP contribution < -0.4 is 16.4 Å². The Morgan fingerprint density at radius 2 is 1.75 bits per heavy atom. The lowest BCUT2D eigenvalue weighted by Gasteiger charge is -2.30. The van der Waals surface area contributed by atoms with Crippen LogP contribution in [0, 0.1) is 5.92 Å². The number of phenolic OH excluding ortho intramolecular Hbond substituents is 1. The van der Waals surface area contributed by atoms with E-state index in [9.17, 15) is 34.2 Å². The highest BCUT2D eigenvalue weighted by molar-refractivity contribution is 5.95. The van der Waals surface area contributed by atoms with Gasteiger partial charge in [0.05, 0.1) is 12.5 Å². The van der Waals surface area contributed by atoms with Crippen LogP contribution in [0.3, 0.4) is 0 Å². The Morgan fingerprint density at radius 1 is 1.11 bits per heavy atom. The summed E-state index contributed by atoms with van der Waals surface area (Å²) in [5.41, 5.74) is 6.28. The quantitative estimate of drug-likeness (QED) is 0.223. The van der Waals surface area contributed by atoms with Gasteiger partial charge in [0, 0.05) is 13.0 Å². The van der Waals surface area contributed by atoms with Gasteiger partial charge in [0.1, 0.15) is 23.9 Å². The monoisotopic (exact) mass is 506 g/mol.